The second kappa shape index (κ2) is 11.1. The van der Waals surface area contributed by atoms with Gasteiger partial charge in [0.1, 0.15) is 5.75 Å². The Morgan fingerprint density at radius 3 is 2.90 bits per heavy atom. The fourth-order valence-electron chi connectivity index (χ4n) is 4.21. The van der Waals surface area contributed by atoms with E-state index in [-0.39, 0.29) is 11.9 Å². The number of hydrogen-bond donors (Lipinski definition) is 1. The standard InChI is InChI=1S/C24H33N3O3/c1-18-9-10-22(30-3)20(15-18)17-27-13-6-7-19(16-27)24(21-8-4-5-12-25-21)26-23(28)11-14-29-2/h4-5,8-10,12,15,19,24H,6-7,11,13-14,16-17H2,1-3H3,(H,26,28). The molecule has 162 valence electrons. The molecular weight excluding hydrogens is 378 g/mol. The molecule has 1 aliphatic heterocycles. The summed E-state index contributed by atoms with van der Waals surface area (Å²) in [4.78, 5) is 19.5. The molecule has 1 aliphatic rings. The molecule has 0 aliphatic carbocycles. The lowest BCUT2D eigenvalue weighted by molar-refractivity contribution is -0.123. The van der Waals surface area contributed by atoms with Gasteiger partial charge in [-0.1, -0.05) is 23.8 Å². The first kappa shape index (κ1) is 22.2. The molecule has 2 aromatic rings. The van der Waals surface area contributed by atoms with Crippen molar-refractivity contribution >= 4 is 5.91 Å². The van der Waals surface area contributed by atoms with Gasteiger partial charge >= 0.3 is 0 Å². The van der Waals surface area contributed by atoms with Gasteiger partial charge in [0.25, 0.3) is 0 Å². The van der Waals surface area contributed by atoms with Crippen LogP contribution in [0, 0.1) is 12.8 Å². The molecule has 0 bridgehead atoms. The van der Waals surface area contributed by atoms with Gasteiger partial charge < -0.3 is 14.8 Å². The monoisotopic (exact) mass is 411 g/mol. The molecule has 1 N–H and O–H groups in total. The van der Waals surface area contributed by atoms with Gasteiger partial charge in [-0.3, -0.25) is 14.7 Å². The third-order valence-corrected chi connectivity index (χ3v) is 5.70. The van der Waals surface area contributed by atoms with E-state index in [2.05, 4.69) is 34.3 Å². The van der Waals surface area contributed by atoms with E-state index < -0.39 is 0 Å². The maximum atomic E-state index is 12.5. The first-order valence-corrected chi connectivity index (χ1v) is 10.7. The molecule has 3 rings (SSSR count). The van der Waals surface area contributed by atoms with E-state index in [4.69, 9.17) is 9.47 Å². The minimum absolute atomic E-state index is 0.00461. The molecule has 0 saturated carbocycles. The largest absolute Gasteiger partial charge is 0.496 e. The number of nitrogens with zero attached hydrogens (tertiary/aromatic N) is 2. The molecule has 0 spiro atoms. The summed E-state index contributed by atoms with van der Waals surface area (Å²) in [6.45, 7) is 5.32. The summed E-state index contributed by atoms with van der Waals surface area (Å²) >= 11 is 0. The fourth-order valence-corrected chi connectivity index (χ4v) is 4.21. The van der Waals surface area contributed by atoms with Crippen molar-refractivity contribution in [2.45, 2.75) is 38.8 Å². The number of pyridine rings is 1. The predicted octanol–water partition coefficient (Wildman–Crippen LogP) is 3.50. The number of piperidine rings is 1. The quantitative estimate of drug-likeness (QED) is 0.684. The van der Waals surface area contributed by atoms with E-state index in [0.717, 1.165) is 43.9 Å². The van der Waals surface area contributed by atoms with Crippen molar-refractivity contribution in [1.82, 2.24) is 15.2 Å². The van der Waals surface area contributed by atoms with Crippen LogP contribution in [0.3, 0.4) is 0 Å². The molecule has 0 radical (unpaired) electrons. The Morgan fingerprint density at radius 1 is 1.30 bits per heavy atom. The number of amides is 1. The molecule has 2 atom stereocenters. The van der Waals surface area contributed by atoms with Crippen LogP contribution in [0.5, 0.6) is 5.75 Å². The van der Waals surface area contributed by atoms with E-state index in [1.54, 1.807) is 20.4 Å². The Hall–Kier alpha value is -2.44. The lowest BCUT2D eigenvalue weighted by Gasteiger charge is -2.37. The van der Waals surface area contributed by atoms with Gasteiger partial charge in [-0.25, -0.2) is 0 Å². The number of aromatic nitrogens is 1. The van der Waals surface area contributed by atoms with Crippen molar-refractivity contribution in [1.29, 1.82) is 0 Å². The van der Waals surface area contributed by atoms with Crippen molar-refractivity contribution < 1.29 is 14.3 Å². The predicted molar refractivity (Wildman–Crippen MR) is 117 cm³/mol. The molecule has 2 heterocycles. The Morgan fingerprint density at radius 2 is 2.17 bits per heavy atom. The summed E-state index contributed by atoms with van der Waals surface area (Å²) in [5.41, 5.74) is 3.36. The number of hydrogen-bond acceptors (Lipinski definition) is 5. The Kier molecular flexibility index (Phi) is 8.22. The number of likely N-dealkylation sites (tertiary alicyclic amines) is 1. The maximum Gasteiger partial charge on any atom is 0.222 e. The van der Waals surface area contributed by atoms with Crippen LogP contribution in [0.1, 0.15) is 42.1 Å². The zero-order valence-corrected chi connectivity index (χ0v) is 18.3. The summed E-state index contributed by atoms with van der Waals surface area (Å²) in [5.74, 6) is 1.23. The van der Waals surface area contributed by atoms with Crippen molar-refractivity contribution in [2.75, 3.05) is 33.9 Å². The SMILES string of the molecule is COCCC(=O)NC(c1ccccn1)C1CCCN(Cc2cc(C)ccc2OC)C1. The molecule has 1 saturated heterocycles. The highest BCUT2D eigenvalue weighted by molar-refractivity contribution is 5.76. The van der Waals surface area contributed by atoms with E-state index in [1.165, 1.54) is 11.1 Å². The van der Waals surface area contributed by atoms with Crippen LogP contribution in [0.25, 0.3) is 0 Å². The molecule has 6 heteroatoms. The highest BCUT2D eigenvalue weighted by Gasteiger charge is 2.30. The van der Waals surface area contributed by atoms with Gasteiger partial charge in [-0.2, -0.15) is 0 Å². The van der Waals surface area contributed by atoms with Crippen LogP contribution in [-0.2, 0) is 16.1 Å². The van der Waals surface area contributed by atoms with Crippen molar-refractivity contribution in [3.8, 4) is 5.75 Å². The molecule has 1 amide bonds. The van der Waals surface area contributed by atoms with Crippen LogP contribution in [0.15, 0.2) is 42.6 Å². The second-order valence-corrected chi connectivity index (χ2v) is 8.00. The van der Waals surface area contributed by atoms with E-state index >= 15 is 0 Å². The number of rotatable bonds is 9. The van der Waals surface area contributed by atoms with Crippen LogP contribution in [0.4, 0.5) is 0 Å². The molecule has 1 aromatic heterocycles. The summed E-state index contributed by atoms with van der Waals surface area (Å²) < 4.78 is 10.6. The fraction of sp³-hybridized carbons (Fsp3) is 0.500. The summed E-state index contributed by atoms with van der Waals surface area (Å²) in [6, 6.07) is 12.1. The number of methoxy groups -OCH3 is 2. The minimum atomic E-state index is -0.0993. The lowest BCUT2D eigenvalue weighted by atomic mass is 9.88. The number of carbonyl (C=O) groups is 1. The zero-order valence-electron chi connectivity index (χ0n) is 18.3. The summed E-state index contributed by atoms with van der Waals surface area (Å²) in [7, 11) is 3.34. The smallest absolute Gasteiger partial charge is 0.222 e. The van der Waals surface area contributed by atoms with Crippen molar-refractivity contribution in [2.24, 2.45) is 5.92 Å². The van der Waals surface area contributed by atoms with Gasteiger partial charge in [0, 0.05) is 38.4 Å². The molecular formula is C24H33N3O3. The molecule has 30 heavy (non-hydrogen) atoms. The molecule has 1 aromatic carbocycles. The van der Waals surface area contributed by atoms with Gasteiger partial charge in [-0.15, -0.1) is 0 Å². The number of carbonyl (C=O) groups excluding carboxylic acids is 1. The van der Waals surface area contributed by atoms with Gasteiger partial charge in [0.05, 0.1) is 25.5 Å². The average Bonchev–Trinajstić information content (AvgIpc) is 2.77. The number of benzene rings is 1. The normalized spacial score (nSPS) is 18.0. The van der Waals surface area contributed by atoms with Crippen LogP contribution in [0.2, 0.25) is 0 Å². The minimum Gasteiger partial charge on any atom is -0.496 e. The van der Waals surface area contributed by atoms with Gasteiger partial charge in [0.15, 0.2) is 0 Å². The van der Waals surface area contributed by atoms with Crippen molar-refractivity contribution in [3.63, 3.8) is 0 Å². The zero-order chi connectivity index (χ0) is 21.3. The molecule has 6 nitrogen and oxygen atoms in total. The van der Waals surface area contributed by atoms with Crippen molar-refractivity contribution in [3.05, 3.63) is 59.4 Å². The number of nitrogens with one attached hydrogen (secondary N) is 1. The summed E-state index contributed by atoms with van der Waals surface area (Å²) in [5, 5.41) is 3.22. The van der Waals surface area contributed by atoms with Gasteiger partial charge in [0.2, 0.25) is 5.91 Å². The number of aryl methyl sites for hydroxylation is 1. The van der Waals surface area contributed by atoms with E-state index in [1.807, 2.05) is 24.3 Å². The highest BCUT2D eigenvalue weighted by atomic mass is 16.5. The molecule has 2 unspecified atom stereocenters. The Bertz CT molecular complexity index is 813. The Labute approximate surface area is 179 Å². The van der Waals surface area contributed by atoms with Gasteiger partial charge in [-0.05, 0) is 50.4 Å². The number of ether oxygens (including phenoxy) is 2. The topological polar surface area (TPSA) is 63.7 Å². The van der Waals surface area contributed by atoms with Crippen LogP contribution in [-0.4, -0.2) is 49.7 Å². The average molecular weight is 412 g/mol. The second-order valence-electron chi connectivity index (χ2n) is 8.00. The highest BCUT2D eigenvalue weighted by Crippen LogP contribution is 2.31. The summed E-state index contributed by atoms with van der Waals surface area (Å²) in [6.07, 6.45) is 4.31. The van der Waals surface area contributed by atoms with E-state index in [9.17, 15) is 4.79 Å². The first-order valence-electron chi connectivity index (χ1n) is 10.7. The Balaban J connectivity index is 1.74. The maximum absolute atomic E-state index is 12.5. The van der Waals surface area contributed by atoms with Crippen LogP contribution >= 0.6 is 0 Å². The van der Waals surface area contributed by atoms with E-state index in [0.29, 0.717) is 18.9 Å². The molecule has 1 fully saturated rings. The first-order chi connectivity index (χ1) is 14.6. The third kappa shape index (κ3) is 6.03. The lowest BCUT2D eigenvalue weighted by Crippen LogP contribution is -2.43. The van der Waals surface area contributed by atoms with Crippen LogP contribution < -0.4 is 10.1 Å². The third-order valence-electron chi connectivity index (χ3n) is 5.70.